The van der Waals surface area contributed by atoms with Crippen LogP contribution in [0.4, 0.5) is 4.39 Å². The fourth-order valence-electron chi connectivity index (χ4n) is 2.39. The number of imidazole rings is 1. The molecule has 0 radical (unpaired) electrons. The fourth-order valence-corrected chi connectivity index (χ4v) is 2.39. The van der Waals surface area contributed by atoms with Crippen molar-refractivity contribution in [3.63, 3.8) is 0 Å². The minimum absolute atomic E-state index is 0.266. The summed E-state index contributed by atoms with van der Waals surface area (Å²) in [6.07, 6.45) is 0.703. The van der Waals surface area contributed by atoms with Gasteiger partial charge in [-0.05, 0) is 49.2 Å². The first-order valence-corrected chi connectivity index (χ1v) is 7.11. The van der Waals surface area contributed by atoms with Crippen molar-refractivity contribution in [2.24, 2.45) is 0 Å². The third-order valence-electron chi connectivity index (χ3n) is 3.45. The molecule has 1 amide bonds. The number of hydrogen-bond acceptors (Lipinski definition) is 2. The van der Waals surface area contributed by atoms with E-state index in [4.69, 9.17) is 0 Å². The molecule has 0 aliphatic heterocycles. The molecule has 0 atom stereocenters. The van der Waals surface area contributed by atoms with E-state index in [0.29, 0.717) is 18.5 Å². The van der Waals surface area contributed by atoms with E-state index in [9.17, 15) is 9.18 Å². The zero-order valence-corrected chi connectivity index (χ0v) is 12.2. The van der Waals surface area contributed by atoms with Gasteiger partial charge in [-0.3, -0.25) is 4.79 Å². The van der Waals surface area contributed by atoms with E-state index >= 15 is 0 Å². The summed E-state index contributed by atoms with van der Waals surface area (Å²) in [7, 11) is 0. The molecule has 22 heavy (non-hydrogen) atoms. The second kappa shape index (κ2) is 5.97. The number of amides is 1. The van der Waals surface area contributed by atoms with Crippen molar-refractivity contribution in [2.45, 2.75) is 13.3 Å². The van der Waals surface area contributed by atoms with E-state index < -0.39 is 5.82 Å². The van der Waals surface area contributed by atoms with Crippen molar-refractivity contribution in [1.29, 1.82) is 0 Å². The van der Waals surface area contributed by atoms with Gasteiger partial charge in [-0.1, -0.05) is 12.1 Å². The Morgan fingerprint density at radius 2 is 2.14 bits per heavy atom. The van der Waals surface area contributed by atoms with Crippen LogP contribution in [0.25, 0.3) is 11.0 Å². The average Bonchev–Trinajstić information content (AvgIpc) is 2.86. The van der Waals surface area contributed by atoms with Gasteiger partial charge in [0.2, 0.25) is 0 Å². The molecule has 5 heteroatoms. The molecule has 0 unspecified atom stereocenters. The first-order valence-electron chi connectivity index (χ1n) is 7.11. The molecule has 0 saturated carbocycles. The Morgan fingerprint density at radius 3 is 2.95 bits per heavy atom. The molecule has 4 nitrogen and oxygen atoms in total. The maximum atomic E-state index is 13.1. The van der Waals surface area contributed by atoms with Crippen LogP contribution < -0.4 is 5.32 Å². The lowest BCUT2D eigenvalue weighted by atomic mass is 10.1. The van der Waals surface area contributed by atoms with Gasteiger partial charge < -0.3 is 10.3 Å². The van der Waals surface area contributed by atoms with Crippen LogP contribution in [-0.2, 0) is 6.42 Å². The number of benzene rings is 2. The maximum absolute atomic E-state index is 13.1. The monoisotopic (exact) mass is 297 g/mol. The number of nitrogens with one attached hydrogen (secondary N) is 2. The van der Waals surface area contributed by atoms with E-state index in [1.54, 1.807) is 6.07 Å². The minimum atomic E-state index is -0.410. The molecule has 0 bridgehead atoms. The number of H-pyrrole nitrogens is 1. The largest absolute Gasteiger partial charge is 0.352 e. The number of carbonyl (C=O) groups excluding carboxylic acids is 1. The highest BCUT2D eigenvalue weighted by Crippen LogP contribution is 2.13. The highest BCUT2D eigenvalue weighted by Gasteiger charge is 2.06. The van der Waals surface area contributed by atoms with Gasteiger partial charge in [0.1, 0.15) is 11.6 Å². The normalized spacial score (nSPS) is 10.8. The zero-order valence-electron chi connectivity index (χ0n) is 12.2. The molecule has 0 saturated heterocycles. The lowest BCUT2D eigenvalue weighted by Gasteiger charge is -2.05. The second-order valence-electron chi connectivity index (χ2n) is 5.19. The molecule has 0 aliphatic carbocycles. The van der Waals surface area contributed by atoms with Gasteiger partial charge >= 0.3 is 0 Å². The first kappa shape index (κ1) is 14.3. The van der Waals surface area contributed by atoms with Crippen LogP contribution in [0.15, 0.2) is 42.5 Å². The highest BCUT2D eigenvalue weighted by molar-refractivity contribution is 5.94. The van der Waals surface area contributed by atoms with E-state index in [0.717, 1.165) is 22.4 Å². The number of aromatic amines is 1. The summed E-state index contributed by atoms with van der Waals surface area (Å²) < 4.78 is 13.1. The quantitative estimate of drug-likeness (QED) is 0.778. The van der Waals surface area contributed by atoms with E-state index in [-0.39, 0.29) is 5.91 Å². The fraction of sp³-hybridized carbons (Fsp3) is 0.176. The molecule has 3 rings (SSSR count). The molecule has 2 aromatic carbocycles. The smallest absolute Gasteiger partial charge is 0.251 e. The molecular formula is C17H16FN3O. The molecule has 0 spiro atoms. The number of fused-ring (bicyclic) bond motifs is 1. The maximum Gasteiger partial charge on any atom is 0.251 e. The van der Waals surface area contributed by atoms with Crippen LogP contribution in [-0.4, -0.2) is 22.4 Å². The van der Waals surface area contributed by atoms with Crippen molar-refractivity contribution in [2.75, 3.05) is 6.54 Å². The van der Waals surface area contributed by atoms with Gasteiger partial charge in [0, 0.05) is 12.1 Å². The molecule has 0 aliphatic rings. The van der Waals surface area contributed by atoms with Gasteiger partial charge in [0.05, 0.1) is 11.0 Å². The van der Waals surface area contributed by atoms with E-state index in [1.165, 1.54) is 18.2 Å². The average molecular weight is 297 g/mol. The number of carbonyl (C=O) groups is 1. The lowest BCUT2D eigenvalue weighted by Crippen LogP contribution is -2.25. The van der Waals surface area contributed by atoms with Crippen LogP contribution >= 0.6 is 0 Å². The van der Waals surface area contributed by atoms with Crippen molar-refractivity contribution in [1.82, 2.24) is 15.3 Å². The summed E-state index contributed by atoms with van der Waals surface area (Å²) >= 11 is 0. The zero-order chi connectivity index (χ0) is 15.5. The summed E-state index contributed by atoms with van der Waals surface area (Å²) in [6, 6.07) is 11.7. The topological polar surface area (TPSA) is 57.8 Å². The third kappa shape index (κ3) is 3.14. The Morgan fingerprint density at radius 1 is 1.27 bits per heavy atom. The number of aromatic nitrogens is 2. The van der Waals surface area contributed by atoms with Crippen molar-refractivity contribution in [3.05, 3.63) is 65.2 Å². The third-order valence-corrected chi connectivity index (χ3v) is 3.45. The predicted octanol–water partition coefficient (Wildman–Crippen LogP) is 2.98. The standard InChI is InChI=1S/C17H16FN3O/c1-11-20-15-6-5-12(9-16(15)21-11)7-8-19-17(22)13-3-2-4-14(18)10-13/h2-6,9-10H,7-8H2,1H3,(H,19,22)(H,20,21). The van der Waals surface area contributed by atoms with Crippen LogP contribution in [0, 0.1) is 12.7 Å². The van der Waals surface area contributed by atoms with Gasteiger partial charge in [-0.2, -0.15) is 0 Å². The van der Waals surface area contributed by atoms with Crippen molar-refractivity contribution >= 4 is 16.9 Å². The van der Waals surface area contributed by atoms with E-state index in [2.05, 4.69) is 15.3 Å². The molecule has 0 fully saturated rings. The number of nitrogens with zero attached hydrogens (tertiary/aromatic N) is 1. The van der Waals surface area contributed by atoms with Gasteiger partial charge in [0.25, 0.3) is 5.91 Å². The van der Waals surface area contributed by atoms with Crippen LogP contribution in [0.1, 0.15) is 21.7 Å². The summed E-state index contributed by atoms with van der Waals surface area (Å²) in [5.41, 5.74) is 3.37. The number of halogens is 1. The Balaban J connectivity index is 1.60. The summed E-state index contributed by atoms with van der Waals surface area (Å²) in [6.45, 7) is 2.41. The van der Waals surface area contributed by atoms with Gasteiger partial charge in [-0.25, -0.2) is 9.37 Å². The molecule has 2 N–H and O–H groups in total. The number of aryl methyl sites for hydroxylation is 1. The Labute approximate surface area is 127 Å². The Hall–Kier alpha value is -2.69. The first-order chi connectivity index (χ1) is 10.6. The van der Waals surface area contributed by atoms with Crippen molar-refractivity contribution < 1.29 is 9.18 Å². The Bertz CT molecular complexity index is 826. The summed E-state index contributed by atoms with van der Waals surface area (Å²) in [5.74, 6) is 0.206. The van der Waals surface area contributed by atoms with Gasteiger partial charge in [-0.15, -0.1) is 0 Å². The minimum Gasteiger partial charge on any atom is -0.352 e. The second-order valence-corrected chi connectivity index (χ2v) is 5.19. The van der Waals surface area contributed by atoms with E-state index in [1.807, 2.05) is 25.1 Å². The molecule has 3 aromatic rings. The van der Waals surface area contributed by atoms with Crippen LogP contribution in [0.2, 0.25) is 0 Å². The Kier molecular flexibility index (Phi) is 3.87. The number of rotatable bonds is 4. The number of hydrogen-bond donors (Lipinski definition) is 2. The molecule has 1 aromatic heterocycles. The van der Waals surface area contributed by atoms with Crippen molar-refractivity contribution in [3.8, 4) is 0 Å². The molecular weight excluding hydrogens is 281 g/mol. The SMILES string of the molecule is Cc1nc2ccc(CCNC(=O)c3cccc(F)c3)cc2[nH]1. The van der Waals surface area contributed by atoms with Crippen LogP contribution in [0.3, 0.4) is 0 Å². The molecule has 1 heterocycles. The summed E-state index contributed by atoms with van der Waals surface area (Å²) in [5, 5.41) is 2.80. The van der Waals surface area contributed by atoms with Gasteiger partial charge in [0.15, 0.2) is 0 Å². The predicted molar refractivity (Wildman–Crippen MR) is 83.3 cm³/mol. The highest BCUT2D eigenvalue weighted by atomic mass is 19.1. The molecule has 112 valence electrons. The summed E-state index contributed by atoms with van der Waals surface area (Å²) in [4.78, 5) is 19.4. The lowest BCUT2D eigenvalue weighted by molar-refractivity contribution is 0.0953. The van der Waals surface area contributed by atoms with Crippen LogP contribution in [0.5, 0.6) is 0 Å².